The normalized spacial score (nSPS) is 12.2. The van der Waals surface area contributed by atoms with E-state index in [1.807, 2.05) is 6.92 Å². The number of rotatable bonds is 4. The van der Waals surface area contributed by atoms with Gasteiger partial charge in [-0.3, -0.25) is 15.8 Å². The van der Waals surface area contributed by atoms with E-state index in [-0.39, 0.29) is 0 Å². The van der Waals surface area contributed by atoms with E-state index in [0.29, 0.717) is 17.0 Å². The van der Waals surface area contributed by atoms with E-state index in [1.165, 1.54) is 13.2 Å². The number of nitrogens with two attached hydrogens (primary N) is 1. The molecule has 2 rings (SSSR count). The summed E-state index contributed by atoms with van der Waals surface area (Å²) < 4.78 is 19.0. The van der Waals surface area contributed by atoms with Crippen molar-refractivity contribution >= 4 is 0 Å². The maximum absolute atomic E-state index is 14.0. The first-order chi connectivity index (χ1) is 9.15. The standard InChI is InChI=1S/C13H15FN4O/c1-8-6-17-12(7-16-8)13(18-15)10-4-3-9(19-2)5-11(10)14/h3-7,13,18H,15H2,1-2H3. The number of nitrogens with zero attached hydrogens (tertiary/aromatic N) is 2. The van der Waals surface area contributed by atoms with E-state index >= 15 is 0 Å². The second kappa shape index (κ2) is 5.73. The largest absolute Gasteiger partial charge is 0.497 e. The average molecular weight is 262 g/mol. The zero-order chi connectivity index (χ0) is 13.8. The first kappa shape index (κ1) is 13.4. The molecule has 1 heterocycles. The summed E-state index contributed by atoms with van der Waals surface area (Å²) in [6, 6.07) is 4.03. The van der Waals surface area contributed by atoms with Crippen molar-refractivity contribution in [2.45, 2.75) is 13.0 Å². The lowest BCUT2D eigenvalue weighted by Crippen LogP contribution is -2.30. The van der Waals surface area contributed by atoms with Crippen molar-refractivity contribution in [1.29, 1.82) is 0 Å². The summed E-state index contributed by atoms with van der Waals surface area (Å²) in [5, 5.41) is 0. The minimum absolute atomic E-state index is 0.390. The fourth-order valence-electron chi connectivity index (χ4n) is 1.76. The van der Waals surface area contributed by atoms with Crippen LogP contribution in [0.1, 0.15) is 23.0 Å². The molecule has 0 aliphatic rings. The van der Waals surface area contributed by atoms with Gasteiger partial charge in [-0.2, -0.15) is 0 Å². The maximum Gasteiger partial charge on any atom is 0.132 e. The van der Waals surface area contributed by atoms with E-state index in [2.05, 4.69) is 15.4 Å². The fourth-order valence-corrected chi connectivity index (χ4v) is 1.76. The van der Waals surface area contributed by atoms with Crippen molar-refractivity contribution in [3.05, 3.63) is 53.4 Å². The Hall–Kier alpha value is -2.05. The number of halogens is 1. The number of aromatic nitrogens is 2. The van der Waals surface area contributed by atoms with Crippen molar-refractivity contribution in [1.82, 2.24) is 15.4 Å². The summed E-state index contributed by atoms with van der Waals surface area (Å²) in [5.74, 6) is 5.54. The molecule has 0 amide bonds. The summed E-state index contributed by atoms with van der Waals surface area (Å²) in [5.41, 5.74) is 4.28. The molecule has 1 aromatic heterocycles. The van der Waals surface area contributed by atoms with Gasteiger partial charge < -0.3 is 4.74 Å². The Kier molecular flexibility index (Phi) is 4.03. The predicted octanol–water partition coefficient (Wildman–Crippen LogP) is 1.49. The van der Waals surface area contributed by atoms with Crippen LogP contribution in [-0.2, 0) is 0 Å². The van der Waals surface area contributed by atoms with Gasteiger partial charge in [0.05, 0.1) is 30.7 Å². The molecule has 3 N–H and O–H groups in total. The third-order valence-corrected chi connectivity index (χ3v) is 2.78. The number of aryl methyl sites for hydroxylation is 1. The van der Waals surface area contributed by atoms with Crippen LogP contribution in [-0.4, -0.2) is 17.1 Å². The van der Waals surface area contributed by atoms with Crippen LogP contribution >= 0.6 is 0 Å². The number of hydrogen-bond acceptors (Lipinski definition) is 5. The van der Waals surface area contributed by atoms with E-state index < -0.39 is 11.9 Å². The van der Waals surface area contributed by atoms with Crippen LogP contribution in [0, 0.1) is 12.7 Å². The molecule has 0 spiro atoms. The van der Waals surface area contributed by atoms with Crippen molar-refractivity contribution < 1.29 is 9.13 Å². The topological polar surface area (TPSA) is 73.1 Å². The first-order valence-electron chi connectivity index (χ1n) is 5.74. The number of methoxy groups -OCH3 is 1. The lowest BCUT2D eigenvalue weighted by Gasteiger charge is -2.16. The summed E-state index contributed by atoms with van der Waals surface area (Å²) >= 11 is 0. The Balaban J connectivity index is 2.39. The smallest absolute Gasteiger partial charge is 0.132 e. The van der Waals surface area contributed by atoms with Crippen molar-refractivity contribution in [3.8, 4) is 5.75 Å². The number of nitrogens with one attached hydrogen (secondary N) is 1. The molecule has 1 atom stereocenters. The summed E-state index contributed by atoms with van der Waals surface area (Å²) in [4.78, 5) is 8.34. The van der Waals surface area contributed by atoms with E-state index in [1.54, 1.807) is 24.5 Å². The highest BCUT2D eigenvalue weighted by Gasteiger charge is 2.18. The number of hydrazine groups is 1. The number of hydrogen-bond donors (Lipinski definition) is 2. The molecular weight excluding hydrogens is 247 g/mol. The highest BCUT2D eigenvalue weighted by molar-refractivity contribution is 5.34. The molecule has 19 heavy (non-hydrogen) atoms. The van der Waals surface area contributed by atoms with Crippen LogP contribution in [0.2, 0.25) is 0 Å². The zero-order valence-electron chi connectivity index (χ0n) is 10.7. The highest BCUT2D eigenvalue weighted by atomic mass is 19.1. The van der Waals surface area contributed by atoms with Crippen LogP contribution < -0.4 is 16.0 Å². The predicted molar refractivity (Wildman–Crippen MR) is 68.9 cm³/mol. The Morgan fingerprint density at radius 2 is 2.11 bits per heavy atom. The average Bonchev–Trinajstić information content (AvgIpc) is 2.43. The van der Waals surface area contributed by atoms with Gasteiger partial charge in [0.25, 0.3) is 0 Å². The molecule has 100 valence electrons. The van der Waals surface area contributed by atoms with Gasteiger partial charge in [0, 0.05) is 17.8 Å². The minimum atomic E-state index is -0.556. The zero-order valence-corrected chi connectivity index (χ0v) is 10.7. The Morgan fingerprint density at radius 1 is 1.32 bits per heavy atom. The van der Waals surface area contributed by atoms with Gasteiger partial charge in [-0.1, -0.05) is 6.07 Å². The van der Waals surface area contributed by atoms with Crippen molar-refractivity contribution in [3.63, 3.8) is 0 Å². The minimum Gasteiger partial charge on any atom is -0.497 e. The van der Waals surface area contributed by atoms with Crippen LogP contribution in [0.15, 0.2) is 30.6 Å². The molecule has 0 radical (unpaired) electrons. The number of benzene rings is 1. The summed E-state index contributed by atoms with van der Waals surface area (Å²) in [7, 11) is 1.48. The van der Waals surface area contributed by atoms with Gasteiger partial charge in [-0.15, -0.1) is 0 Å². The van der Waals surface area contributed by atoms with Crippen molar-refractivity contribution in [2.75, 3.05) is 7.11 Å². The molecular formula is C13H15FN4O. The maximum atomic E-state index is 14.0. The SMILES string of the molecule is COc1ccc(C(NN)c2cnc(C)cn2)c(F)c1. The van der Waals surface area contributed by atoms with E-state index in [4.69, 9.17) is 10.6 Å². The molecule has 0 saturated heterocycles. The molecule has 0 fully saturated rings. The quantitative estimate of drug-likeness (QED) is 0.645. The third kappa shape index (κ3) is 2.86. The van der Waals surface area contributed by atoms with Gasteiger partial charge in [-0.25, -0.2) is 9.82 Å². The van der Waals surface area contributed by atoms with E-state index in [0.717, 1.165) is 5.69 Å². The molecule has 2 aromatic rings. The molecule has 1 unspecified atom stereocenters. The second-order valence-corrected chi connectivity index (χ2v) is 4.07. The van der Waals surface area contributed by atoms with Gasteiger partial charge in [0.15, 0.2) is 0 Å². The molecule has 6 heteroatoms. The molecule has 0 aliphatic carbocycles. The van der Waals surface area contributed by atoms with E-state index in [9.17, 15) is 4.39 Å². The summed E-state index contributed by atoms with van der Waals surface area (Å²) in [6.07, 6.45) is 3.19. The fraction of sp³-hybridized carbons (Fsp3) is 0.231. The van der Waals surface area contributed by atoms with Gasteiger partial charge in [-0.05, 0) is 13.0 Å². The lowest BCUT2D eigenvalue weighted by molar-refractivity contribution is 0.410. The van der Waals surface area contributed by atoms with Crippen LogP contribution in [0.5, 0.6) is 5.75 Å². The van der Waals surface area contributed by atoms with Gasteiger partial charge >= 0.3 is 0 Å². The monoisotopic (exact) mass is 262 g/mol. The second-order valence-electron chi connectivity index (χ2n) is 4.07. The molecule has 0 aliphatic heterocycles. The first-order valence-corrected chi connectivity index (χ1v) is 5.74. The Morgan fingerprint density at radius 3 is 2.63 bits per heavy atom. The third-order valence-electron chi connectivity index (χ3n) is 2.78. The van der Waals surface area contributed by atoms with Gasteiger partial charge in [0.1, 0.15) is 11.6 Å². The van der Waals surface area contributed by atoms with Gasteiger partial charge in [0.2, 0.25) is 0 Å². The molecule has 1 aromatic carbocycles. The summed E-state index contributed by atoms with van der Waals surface area (Å²) in [6.45, 7) is 1.83. The molecule has 0 saturated carbocycles. The Bertz CT molecular complexity index is 559. The number of ether oxygens (including phenoxy) is 1. The Labute approximate surface area is 110 Å². The van der Waals surface area contributed by atoms with Crippen molar-refractivity contribution in [2.24, 2.45) is 5.84 Å². The highest BCUT2D eigenvalue weighted by Crippen LogP contribution is 2.25. The molecule has 0 bridgehead atoms. The van der Waals surface area contributed by atoms with Crippen LogP contribution in [0.25, 0.3) is 0 Å². The van der Waals surface area contributed by atoms with Crippen LogP contribution in [0.4, 0.5) is 4.39 Å². The molecule has 5 nitrogen and oxygen atoms in total. The van der Waals surface area contributed by atoms with Crippen LogP contribution in [0.3, 0.4) is 0 Å². The lowest BCUT2D eigenvalue weighted by atomic mass is 10.0.